The standard InChI is InChI=1S/C27H24N2O5/c1-18-8-10-21(11-9-18)26(32)28(17-20-6-4-3-5-7-20)24-16-25(31)29(27(24)33)22-12-14-23(15-13-22)34-19(2)30/h3-15,24H,16-17H2,1-2H3. The number of anilines is 1. The molecule has 7 heteroatoms. The van der Waals surface area contributed by atoms with Crippen molar-refractivity contribution in [3.63, 3.8) is 0 Å². The van der Waals surface area contributed by atoms with Crippen molar-refractivity contribution in [1.82, 2.24) is 4.90 Å². The van der Waals surface area contributed by atoms with Crippen molar-refractivity contribution in [3.05, 3.63) is 95.6 Å². The molecule has 1 heterocycles. The molecule has 7 nitrogen and oxygen atoms in total. The summed E-state index contributed by atoms with van der Waals surface area (Å²) >= 11 is 0. The monoisotopic (exact) mass is 456 g/mol. The van der Waals surface area contributed by atoms with E-state index in [2.05, 4.69) is 0 Å². The lowest BCUT2D eigenvalue weighted by molar-refractivity contribution is -0.132. The van der Waals surface area contributed by atoms with Gasteiger partial charge in [-0.1, -0.05) is 48.0 Å². The Morgan fingerprint density at radius 1 is 0.941 bits per heavy atom. The molecule has 4 rings (SSSR count). The number of hydrogen-bond donors (Lipinski definition) is 0. The quantitative estimate of drug-likeness (QED) is 0.319. The maximum atomic E-state index is 13.5. The SMILES string of the molecule is CC(=O)Oc1ccc(N2C(=O)CC(N(Cc3ccccc3)C(=O)c3ccc(C)cc3)C2=O)cc1. The van der Waals surface area contributed by atoms with E-state index in [0.717, 1.165) is 16.0 Å². The fraction of sp³-hybridized carbons (Fsp3) is 0.185. The summed E-state index contributed by atoms with van der Waals surface area (Å²) < 4.78 is 5.02. The smallest absolute Gasteiger partial charge is 0.308 e. The van der Waals surface area contributed by atoms with Crippen molar-refractivity contribution in [3.8, 4) is 5.75 Å². The number of carbonyl (C=O) groups excluding carboxylic acids is 4. The van der Waals surface area contributed by atoms with E-state index in [4.69, 9.17) is 4.74 Å². The van der Waals surface area contributed by atoms with Gasteiger partial charge in [-0.05, 0) is 48.9 Å². The predicted molar refractivity (Wildman–Crippen MR) is 126 cm³/mol. The maximum absolute atomic E-state index is 13.5. The second-order valence-electron chi connectivity index (χ2n) is 8.16. The number of esters is 1. The average Bonchev–Trinajstić information content (AvgIpc) is 3.12. The summed E-state index contributed by atoms with van der Waals surface area (Å²) in [6.07, 6.45) is -0.116. The second kappa shape index (κ2) is 9.70. The summed E-state index contributed by atoms with van der Waals surface area (Å²) in [6, 6.07) is 21.7. The third kappa shape index (κ3) is 4.88. The Labute approximate surface area is 197 Å². The lowest BCUT2D eigenvalue weighted by atomic mass is 10.1. The molecule has 1 aliphatic heterocycles. The van der Waals surface area contributed by atoms with E-state index in [1.165, 1.54) is 24.0 Å². The van der Waals surface area contributed by atoms with Crippen molar-refractivity contribution >= 4 is 29.4 Å². The first kappa shape index (κ1) is 22.9. The first-order valence-electron chi connectivity index (χ1n) is 10.9. The van der Waals surface area contributed by atoms with Gasteiger partial charge in [0.2, 0.25) is 5.91 Å². The number of imide groups is 1. The van der Waals surface area contributed by atoms with E-state index in [9.17, 15) is 19.2 Å². The van der Waals surface area contributed by atoms with Gasteiger partial charge in [-0.2, -0.15) is 0 Å². The highest BCUT2D eigenvalue weighted by molar-refractivity contribution is 6.23. The van der Waals surface area contributed by atoms with Gasteiger partial charge < -0.3 is 9.64 Å². The minimum atomic E-state index is -0.936. The molecular formula is C27H24N2O5. The van der Waals surface area contributed by atoms with Crippen LogP contribution < -0.4 is 9.64 Å². The molecule has 0 saturated carbocycles. The largest absolute Gasteiger partial charge is 0.427 e. The molecule has 0 radical (unpaired) electrons. The molecule has 1 aliphatic rings. The summed E-state index contributed by atoms with van der Waals surface area (Å²) in [7, 11) is 0. The van der Waals surface area contributed by atoms with Crippen LogP contribution in [0.15, 0.2) is 78.9 Å². The Bertz CT molecular complexity index is 1220. The molecule has 1 saturated heterocycles. The lowest BCUT2D eigenvalue weighted by Gasteiger charge is -2.28. The van der Waals surface area contributed by atoms with Crippen LogP contribution in [0.5, 0.6) is 5.75 Å². The third-order valence-electron chi connectivity index (χ3n) is 5.61. The summed E-state index contributed by atoms with van der Waals surface area (Å²) in [5.74, 6) is -1.34. The Kier molecular flexibility index (Phi) is 6.54. The van der Waals surface area contributed by atoms with E-state index in [-0.39, 0.29) is 18.9 Å². The van der Waals surface area contributed by atoms with Gasteiger partial charge >= 0.3 is 5.97 Å². The van der Waals surface area contributed by atoms with Crippen molar-refractivity contribution in [2.24, 2.45) is 0 Å². The molecule has 34 heavy (non-hydrogen) atoms. The van der Waals surface area contributed by atoms with Crippen molar-refractivity contribution in [1.29, 1.82) is 0 Å². The Balaban J connectivity index is 1.64. The molecule has 0 aromatic heterocycles. The van der Waals surface area contributed by atoms with Gasteiger partial charge in [0.1, 0.15) is 11.8 Å². The van der Waals surface area contributed by atoms with Gasteiger partial charge in [-0.25, -0.2) is 4.90 Å². The first-order valence-corrected chi connectivity index (χ1v) is 10.9. The zero-order valence-electron chi connectivity index (χ0n) is 18.9. The van der Waals surface area contributed by atoms with Crippen LogP contribution in [-0.4, -0.2) is 34.6 Å². The Morgan fingerprint density at radius 3 is 2.21 bits per heavy atom. The Morgan fingerprint density at radius 2 is 1.59 bits per heavy atom. The molecule has 172 valence electrons. The molecular weight excluding hydrogens is 432 g/mol. The van der Waals surface area contributed by atoms with E-state index < -0.39 is 23.8 Å². The zero-order valence-corrected chi connectivity index (χ0v) is 18.9. The number of rotatable bonds is 6. The van der Waals surface area contributed by atoms with E-state index in [0.29, 0.717) is 17.0 Å². The molecule has 0 bridgehead atoms. The van der Waals surface area contributed by atoms with Crippen LogP contribution in [0.2, 0.25) is 0 Å². The normalized spacial score (nSPS) is 15.4. The molecule has 3 amide bonds. The van der Waals surface area contributed by atoms with Crippen molar-refractivity contribution < 1.29 is 23.9 Å². The highest BCUT2D eigenvalue weighted by atomic mass is 16.5. The molecule has 3 aromatic carbocycles. The molecule has 0 spiro atoms. The zero-order chi connectivity index (χ0) is 24.2. The highest BCUT2D eigenvalue weighted by Crippen LogP contribution is 2.29. The van der Waals surface area contributed by atoms with Gasteiger partial charge in [0, 0.05) is 19.0 Å². The van der Waals surface area contributed by atoms with Crippen LogP contribution in [0.25, 0.3) is 0 Å². The van der Waals surface area contributed by atoms with Crippen LogP contribution in [0.3, 0.4) is 0 Å². The third-order valence-corrected chi connectivity index (χ3v) is 5.61. The molecule has 1 unspecified atom stereocenters. The number of ether oxygens (including phenoxy) is 1. The van der Waals surface area contributed by atoms with Crippen LogP contribution in [-0.2, 0) is 20.9 Å². The van der Waals surface area contributed by atoms with Gasteiger partial charge in [-0.15, -0.1) is 0 Å². The second-order valence-corrected chi connectivity index (χ2v) is 8.16. The van der Waals surface area contributed by atoms with Gasteiger partial charge in [0.05, 0.1) is 12.1 Å². The summed E-state index contributed by atoms with van der Waals surface area (Å²) in [6.45, 7) is 3.41. The average molecular weight is 456 g/mol. The van der Waals surface area contributed by atoms with Crippen LogP contribution in [0.4, 0.5) is 5.69 Å². The van der Waals surface area contributed by atoms with Gasteiger partial charge in [-0.3, -0.25) is 19.2 Å². The molecule has 3 aromatic rings. The fourth-order valence-electron chi connectivity index (χ4n) is 3.93. The topological polar surface area (TPSA) is 84.0 Å². The van der Waals surface area contributed by atoms with Gasteiger partial charge in [0.25, 0.3) is 11.8 Å². The number of benzene rings is 3. The summed E-state index contributed by atoms with van der Waals surface area (Å²) in [5.41, 5.74) is 2.68. The van der Waals surface area contributed by atoms with E-state index in [1.54, 1.807) is 24.3 Å². The van der Waals surface area contributed by atoms with Gasteiger partial charge in [0.15, 0.2) is 0 Å². The number of aryl methyl sites for hydroxylation is 1. The molecule has 0 aliphatic carbocycles. The highest BCUT2D eigenvalue weighted by Gasteiger charge is 2.44. The summed E-state index contributed by atoms with van der Waals surface area (Å²) in [4.78, 5) is 53.5. The summed E-state index contributed by atoms with van der Waals surface area (Å²) in [5, 5.41) is 0. The number of amides is 3. The number of carbonyl (C=O) groups is 4. The Hall–Kier alpha value is -4.26. The molecule has 1 fully saturated rings. The number of hydrogen-bond acceptors (Lipinski definition) is 5. The maximum Gasteiger partial charge on any atom is 0.308 e. The van der Waals surface area contributed by atoms with Crippen LogP contribution >= 0.6 is 0 Å². The molecule has 1 atom stereocenters. The first-order chi connectivity index (χ1) is 16.3. The van der Waals surface area contributed by atoms with Crippen LogP contribution in [0, 0.1) is 6.92 Å². The van der Waals surface area contributed by atoms with Crippen molar-refractivity contribution in [2.75, 3.05) is 4.90 Å². The molecule has 0 N–H and O–H groups in total. The lowest BCUT2D eigenvalue weighted by Crippen LogP contribution is -2.45. The van der Waals surface area contributed by atoms with E-state index in [1.807, 2.05) is 49.4 Å². The van der Waals surface area contributed by atoms with E-state index >= 15 is 0 Å². The number of nitrogens with zero attached hydrogens (tertiary/aromatic N) is 2. The van der Waals surface area contributed by atoms with Crippen LogP contribution in [0.1, 0.15) is 34.8 Å². The minimum Gasteiger partial charge on any atom is -0.427 e. The van der Waals surface area contributed by atoms with Crippen molar-refractivity contribution in [2.45, 2.75) is 32.9 Å². The fourth-order valence-corrected chi connectivity index (χ4v) is 3.93. The minimum absolute atomic E-state index is 0.116. The predicted octanol–water partition coefficient (Wildman–Crippen LogP) is 3.89.